The van der Waals surface area contributed by atoms with Gasteiger partial charge < -0.3 is 19.3 Å². The van der Waals surface area contributed by atoms with Crippen molar-refractivity contribution in [2.24, 2.45) is 0 Å². The summed E-state index contributed by atoms with van der Waals surface area (Å²) in [4.78, 5) is 20.0. The van der Waals surface area contributed by atoms with E-state index in [4.69, 9.17) is 9.26 Å². The highest BCUT2D eigenvalue weighted by Gasteiger charge is 2.33. The lowest BCUT2D eigenvalue weighted by Gasteiger charge is -2.16. The molecular weight excluding hydrogens is 259 g/mol. The Morgan fingerprint density at radius 2 is 2.06 bits per heavy atom. The Kier molecular flexibility index (Phi) is 8.94. The summed E-state index contributed by atoms with van der Waals surface area (Å²) in [5.74, 6) is -0.410. The van der Waals surface area contributed by atoms with Crippen molar-refractivity contribution >= 4 is 13.4 Å². The monoisotopic (exact) mass is 284 g/mol. The van der Waals surface area contributed by atoms with E-state index in [2.05, 4.69) is 0 Å². The molecule has 1 fully saturated rings. The first-order chi connectivity index (χ1) is 7.30. The van der Waals surface area contributed by atoms with Crippen molar-refractivity contribution in [3.8, 4) is 0 Å². The molecule has 2 N–H and O–H groups in total. The van der Waals surface area contributed by atoms with Gasteiger partial charge in [0, 0.05) is 6.42 Å². The summed E-state index contributed by atoms with van der Waals surface area (Å²) in [6.45, 7) is 2.85. The van der Waals surface area contributed by atoms with E-state index >= 15 is 0 Å². The second kappa shape index (κ2) is 8.02. The molecule has 0 radical (unpaired) electrons. The maximum Gasteiger partial charge on any atom is 0.335 e. The van der Waals surface area contributed by atoms with Crippen molar-refractivity contribution in [1.29, 1.82) is 0 Å². The predicted octanol–water partition coefficient (Wildman–Crippen LogP) is 1.59. The van der Waals surface area contributed by atoms with Crippen molar-refractivity contribution in [2.75, 3.05) is 12.8 Å². The number of aliphatic hydroxyl groups excluding tert-OH is 1. The van der Waals surface area contributed by atoms with Gasteiger partial charge in [-0.2, -0.15) is 0 Å². The van der Waals surface area contributed by atoms with Crippen LogP contribution in [0.4, 0.5) is 0 Å². The van der Waals surface area contributed by atoms with Crippen LogP contribution >= 0.6 is 7.60 Å². The summed E-state index contributed by atoms with van der Waals surface area (Å²) in [6, 6.07) is 0. The third-order valence-corrected chi connectivity index (χ3v) is 3.67. The maximum atomic E-state index is 11.3. The van der Waals surface area contributed by atoms with E-state index in [1.54, 1.807) is 6.92 Å². The maximum absolute atomic E-state index is 11.3. The van der Waals surface area contributed by atoms with E-state index in [9.17, 15) is 19.4 Å². The van der Waals surface area contributed by atoms with E-state index < -0.39 is 31.7 Å². The average molecular weight is 284 g/mol. The Hall–Kier alpha value is -0.260. The molecule has 0 aromatic carbocycles. The van der Waals surface area contributed by atoms with Crippen LogP contribution < -0.4 is 0 Å². The predicted molar refractivity (Wildman–Crippen MR) is 69.7 cm³/mol. The normalized spacial score (nSPS) is 29.9. The number of ketones is 1. The molecule has 1 aliphatic heterocycles. The smallest absolute Gasteiger partial charge is 0.335 e. The molecule has 110 valence electrons. The molecular formula is C11H25O6P. The minimum atomic E-state index is -3.89. The first kappa shape index (κ1) is 20.1. The number of carbonyl (C=O) groups excluding carboxylic acids is 1. The molecule has 0 amide bonds. The van der Waals surface area contributed by atoms with Crippen molar-refractivity contribution in [1.82, 2.24) is 0 Å². The van der Waals surface area contributed by atoms with Gasteiger partial charge in [-0.25, -0.2) is 0 Å². The summed E-state index contributed by atoms with van der Waals surface area (Å²) in [6.07, 6.45) is -1.40. The molecule has 0 saturated carbocycles. The number of hydrogen-bond donors (Lipinski definition) is 2. The van der Waals surface area contributed by atoms with E-state index in [1.165, 1.54) is 6.92 Å². The second-order valence-corrected chi connectivity index (χ2v) is 5.93. The zero-order chi connectivity index (χ0) is 12.3. The molecule has 6 nitrogen and oxygen atoms in total. The summed E-state index contributed by atoms with van der Waals surface area (Å²) >= 11 is 0. The Labute approximate surface area is 109 Å². The lowest BCUT2D eigenvalue weighted by atomic mass is 10.1. The molecule has 7 heteroatoms. The van der Waals surface area contributed by atoms with Gasteiger partial charge in [0.25, 0.3) is 0 Å². The van der Waals surface area contributed by atoms with Gasteiger partial charge >= 0.3 is 7.60 Å². The topological polar surface area (TPSA) is 93.1 Å². The van der Waals surface area contributed by atoms with Crippen LogP contribution in [0.2, 0.25) is 0 Å². The van der Waals surface area contributed by atoms with E-state index in [-0.39, 0.29) is 27.6 Å². The highest BCUT2D eigenvalue weighted by Crippen LogP contribution is 2.42. The van der Waals surface area contributed by atoms with E-state index in [0.29, 0.717) is 6.42 Å². The number of aliphatic hydroxyl groups is 1. The van der Waals surface area contributed by atoms with E-state index in [0.717, 1.165) is 0 Å². The molecule has 1 aliphatic rings. The molecule has 0 aliphatic carbocycles. The average Bonchev–Trinajstić information content (AvgIpc) is 2.39. The number of carbonyl (C=O) groups is 1. The fraction of sp³-hybridized carbons (Fsp3) is 0.909. The van der Waals surface area contributed by atoms with Crippen LogP contribution in [0.3, 0.4) is 0 Å². The highest BCUT2D eigenvalue weighted by atomic mass is 31.2. The summed E-state index contributed by atoms with van der Waals surface area (Å²) in [7, 11) is -3.89. The minimum Gasteiger partial charge on any atom is -0.390 e. The fourth-order valence-electron chi connectivity index (χ4n) is 1.60. The molecule has 4 unspecified atom stereocenters. The van der Waals surface area contributed by atoms with Crippen molar-refractivity contribution in [3.63, 3.8) is 0 Å². The number of ether oxygens (including phenoxy) is 1. The SMILES string of the molecule is C.C.CC(=O)CP(=O)(O)OCC1OC(C)CC1O. The third-order valence-electron chi connectivity index (χ3n) is 2.27. The molecule has 18 heavy (non-hydrogen) atoms. The standard InChI is InChI=1S/C9H17O6P.2CH4/c1-6(10)5-16(12,13)14-4-9-8(11)3-7(2)15-9;;/h7-9,11H,3-5H2,1-2H3,(H,12,13);2*1H4. The highest BCUT2D eigenvalue weighted by molar-refractivity contribution is 7.53. The van der Waals surface area contributed by atoms with Gasteiger partial charge in [0.1, 0.15) is 18.0 Å². The van der Waals surface area contributed by atoms with Gasteiger partial charge in [-0.3, -0.25) is 9.36 Å². The number of hydrogen-bond acceptors (Lipinski definition) is 5. The van der Waals surface area contributed by atoms with Crippen LogP contribution in [0.1, 0.15) is 35.1 Å². The van der Waals surface area contributed by atoms with Crippen molar-refractivity contribution in [2.45, 2.75) is 53.4 Å². The molecule has 0 aromatic rings. The van der Waals surface area contributed by atoms with Gasteiger partial charge in [-0.1, -0.05) is 14.9 Å². The molecule has 4 atom stereocenters. The second-order valence-electron chi connectivity index (χ2n) is 4.08. The minimum absolute atomic E-state index is 0. The molecule has 1 heterocycles. The zero-order valence-electron chi connectivity index (χ0n) is 9.33. The van der Waals surface area contributed by atoms with Crippen molar-refractivity contribution in [3.05, 3.63) is 0 Å². The zero-order valence-corrected chi connectivity index (χ0v) is 10.2. The molecule has 0 bridgehead atoms. The Balaban J connectivity index is 0. The molecule has 0 aromatic heterocycles. The van der Waals surface area contributed by atoms with Gasteiger partial charge in [0.05, 0.1) is 18.8 Å². The third kappa shape index (κ3) is 6.61. The van der Waals surface area contributed by atoms with Crippen molar-refractivity contribution < 1.29 is 28.6 Å². The van der Waals surface area contributed by atoms with E-state index in [1.807, 2.05) is 0 Å². The summed E-state index contributed by atoms with van der Waals surface area (Å²) in [5, 5.41) is 9.49. The molecule has 0 spiro atoms. The first-order valence-corrected chi connectivity index (χ1v) is 6.86. The van der Waals surface area contributed by atoms with Crippen LogP contribution in [-0.4, -0.2) is 46.9 Å². The Bertz CT molecular complexity index is 306. The van der Waals surface area contributed by atoms with Gasteiger partial charge in [-0.05, 0) is 13.8 Å². The molecule has 1 saturated heterocycles. The van der Waals surface area contributed by atoms with Crippen LogP contribution in [-0.2, 0) is 18.6 Å². The van der Waals surface area contributed by atoms with Crippen LogP contribution in [0, 0.1) is 0 Å². The Morgan fingerprint density at radius 1 is 1.50 bits per heavy atom. The first-order valence-electron chi connectivity index (χ1n) is 5.09. The lowest BCUT2D eigenvalue weighted by molar-refractivity contribution is -0.114. The van der Waals surface area contributed by atoms with Gasteiger partial charge in [-0.15, -0.1) is 0 Å². The van der Waals surface area contributed by atoms with Crippen LogP contribution in [0.15, 0.2) is 0 Å². The van der Waals surface area contributed by atoms with Gasteiger partial charge in [0.15, 0.2) is 0 Å². The summed E-state index contributed by atoms with van der Waals surface area (Å²) < 4.78 is 21.4. The summed E-state index contributed by atoms with van der Waals surface area (Å²) in [5.41, 5.74) is 0. The van der Waals surface area contributed by atoms with Crippen LogP contribution in [0.25, 0.3) is 0 Å². The molecule has 1 rings (SSSR count). The quantitative estimate of drug-likeness (QED) is 0.745. The number of Topliss-reactive ketones (excluding diaryl/α,β-unsaturated/α-hetero) is 1. The largest absolute Gasteiger partial charge is 0.390 e. The Morgan fingerprint density at radius 3 is 2.44 bits per heavy atom. The lowest BCUT2D eigenvalue weighted by Crippen LogP contribution is -2.26. The fourth-order valence-corrected chi connectivity index (χ4v) is 2.64. The van der Waals surface area contributed by atoms with Crippen LogP contribution in [0.5, 0.6) is 0 Å². The van der Waals surface area contributed by atoms with Gasteiger partial charge in [0.2, 0.25) is 0 Å². The number of rotatable bonds is 5.